The number of aliphatic hydroxyl groups is 21. The van der Waals surface area contributed by atoms with Crippen LogP contribution in [0.4, 0.5) is 0 Å². The maximum Gasteiger partial charge on any atom is 0.217 e. The van der Waals surface area contributed by atoms with E-state index in [0.29, 0.717) is 0 Å². The van der Waals surface area contributed by atoms with Gasteiger partial charge in [0.2, 0.25) is 23.6 Å². The van der Waals surface area contributed by atoms with E-state index in [2.05, 4.69) is 21.3 Å². The molecule has 0 saturated carbocycles. The molecule has 0 aromatic heterocycles. The average Bonchev–Trinajstić information content (AvgIpc) is 0.777. The molecule has 8 fully saturated rings. The lowest BCUT2D eigenvalue weighted by atomic mass is 9.93. The van der Waals surface area contributed by atoms with Crippen LogP contribution in [0.5, 0.6) is 0 Å². The number of aliphatic hydroxyl groups excluding tert-OH is 21. The van der Waals surface area contributed by atoms with Crippen LogP contribution in [0.2, 0.25) is 0 Å². The quantitative estimate of drug-likeness (QED) is 0.0404. The summed E-state index contributed by atoms with van der Waals surface area (Å²) in [6.07, 6.45) is -71.1. The van der Waals surface area contributed by atoms with Gasteiger partial charge in [0.15, 0.2) is 50.3 Å². The Hall–Kier alpha value is -3.56. The van der Waals surface area contributed by atoms with Gasteiger partial charge in [0.1, 0.15) is 189 Å². The van der Waals surface area contributed by atoms with Crippen molar-refractivity contribution in [3.8, 4) is 0 Å². The molecule has 0 aromatic rings. The van der Waals surface area contributed by atoms with Crippen LogP contribution in [0.3, 0.4) is 0 Å². The van der Waals surface area contributed by atoms with Gasteiger partial charge in [0.05, 0.1) is 52.4 Å². The fourth-order valence-corrected chi connectivity index (χ4v) is 12.8. The van der Waals surface area contributed by atoms with Crippen LogP contribution in [-0.2, 0) is 90.2 Å². The predicted molar refractivity (Wildman–Crippen MR) is 309 cm³/mol. The van der Waals surface area contributed by atoms with Crippen molar-refractivity contribution in [2.24, 2.45) is 0 Å². The average molecular weight is 1460 g/mol. The highest BCUT2D eigenvalue weighted by atomic mass is 16.8. The van der Waals surface area contributed by atoms with Gasteiger partial charge in [-0.25, -0.2) is 0 Å². The van der Waals surface area contributed by atoms with Gasteiger partial charge in [-0.1, -0.05) is 0 Å². The Morgan fingerprint density at radius 2 is 0.610 bits per heavy atom. The Bertz CT molecular complexity index is 2620. The van der Waals surface area contributed by atoms with Crippen LogP contribution in [0, 0.1) is 0 Å². The zero-order valence-electron chi connectivity index (χ0n) is 54.2. The van der Waals surface area contributed by atoms with E-state index >= 15 is 0 Å². The lowest BCUT2D eigenvalue weighted by molar-refractivity contribution is -0.391. The van der Waals surface area contributed by atoms with Crippen LogP contribution in [0.15, 0.2) is 0 Å². The first-order valence-electron chi connectivity index (χ1n) is 32.0. The van der Waals surface area contributed by atoms with E-state index in [1.165, 1.54) is 6.92 Å². The Morgan fingerprint density at radius 3 is 1.10 bits per heavy atom. The minimum Gasteiger partial charge on any atom is -0.394 e. The normalized spacial score (nSPS) is 48.7. The van der Waals surface area contributed by atoms with E-state index in [1.54, 1.807) is 0 Å². The van der Waals surface area contributed by atoms with Crippen molar-refractivity contribution in [2.45, 2.75) is 280 Å². The molecule has 40 atom stereocenters. The van der Waals surface area contributed by atoms with Crippen LogP contribution >= 0.6 is 0 Å². The summed E-state index contributed by atoms with van der Waals surface area (Å²) in [7, 11) is 0. The topological polar surface area (TPSA) is 680 Å². The molecule has 0 bridgehead atoms. The van der Waals surface area contributed by atoms with Crippen molar-refractivity contribution in [3.05, 3.63) is 0 Å². The predicted octanol–water partition coefficient (Wildman–Crippen LogP) is -16.8. The second-order valence-electron chi connectivity index (χ2n) is 25.4. The second kappa shape index (κ2) is 35.7. The van der Waals surface area contributed by atoms with Crippen molar-refractivity contribution in [1.82, 2.24) is 21.3 Å². The molecule has 8 aliphatic heterocycles. The summed E-state index contributed by atoms with van der Waals surface area (Å²) in [5.41, 5.74) is 0. The summed E-state index contributed by atoms with van der Waals surface area (Å²) < 4.78 is 88.8. The van der Waals surface area contributed by atoms with Crippen molar-refractivity contribution in [3.63, 3.8) is 0 Å². The molecule has 44 heteroatoms. The van der Waals surface area contributed by atoms with Gasteiger partial charge < -0.3 is 200 Å². The number of hydrogen-bond donors (Lipinski definition) is 25. The number of ether oxygens (including phenoxy) is 15. The number of nitrogens with one attached hydrogen (secondary N) is 4. The largest absolute Gasteiger partial charge is 0.394 e. The third kappa shape index (κ3) is 18.3. The summed E-state index contributed by atoms with van der Waals surface area (Å²) in [4.78, 5) is 50.3. The number of rotatable bonds is 25. The van der Waals surface area contributed by atoms with Gasteiger partial charge >= 0.3 is 0 Å². The lowest BCUT2D eigenvalue weighted by Gasteiger charge is -2.51. The molecule has 8 rings (SSSR count). The molecule has 8 aliphatic rings. The molecular formula is C56H94N4O40. The van der Waals surface area contributed by atoms with Crippen LogP contribution in [0.25, 0.3) is 0 Å². The molecule has 0 radical (unpaired) electrons. The fourth-order valence-electron chi connectivity index (χ4n) is 12.8. The highest BCUT2D eigenvalue weighted by Crippen LogP contribution is 2.38. The maximum atomic E-state index is 13.0. The number of carbonyl (C=O) groups is 4. The van der Waals surface area contributed by atoms with Gasteiger partial charge in [0.25, 0.3) is 0 Å². The third-order valence-electron chi connectivity index (χ3n) is 18.2. The molecule has 0 aliphatic carbocycles. The molecule has 578 valence electrons. The van der Waals surface area contributed by atoms with Gasteiger partial charge in [-0.05, 0) is 6.92 Å². The molecule has 0 unspecified atom stereocenters. The Morgan fingerprint density at radius 1 is 0.280 bits per heavy atom. The second-order valence-corrected chi connectivity index (χ2v) is 25.4. The first-order valence-corrected chi connectivity index (χ1v) is 32.0. The first-order chi connectivity index (χ1) is 47.2. The van der Waals surface area contributed by atoms with Crippen molar-refractivity contribution >= 4 is 23.6 Å². The Labute approximate surface area is 567 Å². The number of amides is 4. The van der Waals surface area contributed by atoms with Crippen molar-refractivity contribution in [1.29, 1.82) is 0 Å². The summed E-state index contributed by atoms with van der Waals surface area (Å²) in [6.45, 7) is -1.91. The molecule has 4 amide bonds. The smallest absolute Gasteiger partial charge is 0.217 e. The van der Waals surface area contributed by atoms with Crippen molar-refractivity contribution < 1.29 is 197 Å². The van der Waals surface area contributed by atoms with Crippen LogP contribution in [-0.4, -0.2) is 423 Å². The highest BCUT2D eigenvalue weighted by molar-refractivity contribution is 5.74. The summed E-state index contributed by atoms with van der Waals surface area (Å²) in [5, 5.41) is 241. The molecule has 25 N–H and O–H groups in total. The van der Waals surface area contributed by atoms with E-state index in [9.17, 15) is 126 Å². The summed E-state index contributed by atoms with van der Waals surface area (Å²) in [5.74, 6) is -3.41. The SMILES string of the molecule is CC(=O)N[C@@H]1[C@@H](O)[C@H](O[C@@H]2O[C@H](CO)[C@@H](O[C@@H]3O[C@H](CO[C@H]4O[C@H](CO)[C@@H](O[C@@H]5O[C@H](CO)[C@@H](O)[C@H](O)[C@H]5NC(C)=O)[C@H](O)[C@@H]4O[C@@H]4O[C@H](CO)[C@@H](O)[C@H](O)[C@H]4NC(C)=O)[C@@H](O)[C@H](O[C@H]4O[C@H](CO)[C@@H](O)[C@H](O)[C@@H]4O)[C@@H]3O)[C@H](O)[C@H]2NC(C)=O)[C@@H](CO[C@@H]2O[C@@H](C)[C@@H](O)[C@@H](O)[C@@H]2O)O[C@H]1O. The number of hydrogen-bond acceptors (Lipinski definition) is 40. The molecule has 0 spiro atoms. The molecular weight excluding hydrogens is 1370 g/mol. The zero-order valence-corrected chi connectivity index (χ0v) is 54.2. The molecule has 44 nitrogen and oxygen atoms in total. The fraction of sp³-hybridized carbons (Fsp3) is 0.929. The van der Waals surface area contributed by atoms with Gasteiger partial charge in [-0.3, -0.25) is 19.2 Å². The molecule has 8 heterocycles. The highest BCUT2D eigenvalue weighted by Gasteiger charge is 2.60. The lowest BCUT2D eigenvalue weighted by Crippen LogP contribution is -2.70. The van der Waals surface area contributed by atoms with Crippen LogP contribution in [0.1, 0.15) is 34.6 Å². The van der Waals surface area contributed by atoms with E-state index < -0.39 is 315 Å². The first kappa shape index (κ1) is 82.1. The minimum atomic E-state index is -2.42. The maximum absolute atomic E-state index is 13.0. The number of carbonyl (C=O) groups excluding carboxylic acids is 4. The van der Waals surface area contributed by atoms with Gasteiger partial charge in [-0.2, -0.15) is 0 Å². The third-order valence-corrected chi connectivity index (χ3v) is 18.2. The van der Waals surface area contributed by atoms with Crippen molar-refractivity contribution in [2.75, 3.05) is 46.2 Å². The van der Waals surface area contributed by atoms with Gasteiger partial charge in [-0.15, -0.1) is 0 Å². The van der Waals surface area contributed by atoms with E-state index in [1.807, 2.05) is 0 Å². The standard InChI is InChI=1S/C56H94N4O40/c1-13-29(70)38(79)40(81)53(88-13)86-12-24-46(36(77)25(49(85)89-24)57-14(2)66)97-52-28(60-17(5)69)37(78)44(21(9-64)93-52)98-55-43(84)47(99-54-41(82)39(80)32(73)20(8-63)92-54)33(74)23(95-55)11-87-56-48(100-51-27(59-16(4)68)35(76)31(72)19(7-62)91-51)42(83)45(22(10-65)94-56)96-50-26(58-15(3)67)34(75)30(71)18(6-61)90-50/h13,18-56,61-65,70-85H,6-12H2,1-5H3,(H,57,66)(H,58,67)(H,59,68)(H,60,69)/t13-,18+,19+,20+,21+,22+,23+,24+,25+,26+,27+,28+,29+,30+,31+,32+,33+,34+,35+,36+,37+,38+,39-,40-,41-,42-,43-,44+,45+,46+,47-,48-,49+,50-,51-,52-,53+,54+,55-,56-/m0/s1. The molecule has 8 saturated heterocycles. The van der Waals surface area contributed by atoms with E-state index in [0.717, 1.165) is 27.7 Å². The van der Waals surface area contributed by atoms with E-state index in [4.69, 9.17) is 71.1 Å². The molecule has 100 heavy (non-hydrogen) atoms. The summed E-state index contributed by atoms with van der Waals surface area (Å²) >= 11 is 0. The Kier molecular flexibility index (Phi) is 29.3. The molecule has 0 aromatic carbocycles. The Balaban J connectivity index is 1.12. The monoisotopic (exact) mass is 1460 g/mol. The summed E-state index contributed by atoms with van der Waals surface area (Å²) in [6, 6.07) is -7.09. The zero-order chi connectivity index (χ0) is 73.8. The van der Waals surface area contributed by atoms with Crippen LogP contribution < -0.4 is 21.3 Å². The van der Waals surface area contributed by atoms with Gasteiger partial charge in [0, 0.05) is 27.7 Å². The van der Waals surface area contributed by atoms with E-state index in [-0.39, 0.29) is 0 Å². The minimum absolute atomic E-state index is 0.799.